The van der Waals surface area contributed by atoms with Gasteiger partial charge in [0.05, 0.1) is 47.4 Å². The number of H-pyrrole nitrogens is 1. The summed E-state index contributed by atoms with van der Waals surface area (Å²) in [6.07, 6.45) is -1.88. The minimum Gasteiger partial charge on any atom is -0.444 e. The van der Waals surface area contributed by atoms with Crippen LogP contribution in [0.4, 0.5) is 17.6 Å². The van der Waals surface area contributed by atoms with Gasteiger partial charge in [0, 0.05) is 24.7 Å². The van der Waals surface area contributed by atoms with Gasteiger partial charge in [0.25, 0.3) is 5.79 Å². The van der Waals surface area contributed by atoms with E-state index in [-0.39, 0.29) is 29.0 Å². The molecule has 0 spiro atoms. The van der Waals surface area contributed by atoms with Crippen LogP contribution in [0.1, 0.15) is 60.4 Å². The van der Waals surface area contributed by atoms with Crippen LogP contribution in [0.15, 0.2) is 54.6 Å². The lowest BCUT2D eigenvalue weighted by molar-refractivity contribution is -0.144. The number of rotatable bonds is 7. The number of aromatic nitrogens is 5. The molecule has 0 aliphatic carbocycles. The van der Waals surface area contributed by atoms with E-state index in [1.807, 2.05) is 30.3 Å². The molecule has 2 fully saturated rings. The molecule has 0 radical (unpaired) electrons. The minimum absolute atomic E-state index is 0.0267. The van der Waals surface area contributed by atoms with E-state index in [1.165, 1.54) is 12.1 Å². The van der Waals surface area contributed by atoms with Crippen molar-refractivity contribution in [3.8, 4) is 29.0 Å². The fourth-order valence-corrected chi connectivity index (χ4v) is 6.94. The van der Waals surface area contributed by atoms with E-state index in [2.05, 4.69) is 24.6 Å². The standard InChI is InChI=1S/C35H31F4N7O3/c1-34(25-7-5-20(17-40)15-26(25)36)48-29-4-2-3-24(31(29)49-34)21-9-12-45(13-10-21)19-30-41-27-16-22(32-42-33(44-43-32)35(37,38)39)6-8-28(27)46(30)18-23-11-14-47-23/h2-8,15-16,21,23H,9-14,18-19H2,1H3,(H,42,43,44). The summed E-state index contributed by atoms with van der Waals surface area (Å²) in [6.45, 7) is 5.21. The van der Waals surface area contributed by atoms with Crippen LogP contribution in [0, 0.1) is 17.1 Å². The first-order chi connectivity index (χ1) is 23.6. The van der Waals surface area contributed by atoms with E-state index in [9.17, 15) is 17.6 Å². The molecule has 5 aromatic rings. The van der Waals surface area contributed by atoms with E-state index in [0.29, 0.717) is 35.7 Å². The van der Waals surface area contributed by atoms with Crippen LogP contribution in [0.3, 0.4) is 0 Å². The Kier molecular flexibility index (Phi) is 7.57. The quantitative estimate of drug-likeness (QED) is 0.191. The van der Waals surface area contributed by atoms with Crippen molar-refractivity contribution in [2.75, 3.05) is 19.7 Å². The topological polar surface area (TPSA) is 114 Å². The number of nitriles is 1. The normalized spacial score (nSPS) is 21.2. The lowest BCUT2D eigenvalue weighted by atomic mass is 9.88. The van der Waals surface area contributed by atoms with Crippen LogP contribution in [0.5, 0.6) is 11.5 Å². The lowest BCUT2D eigenvalue weighted by Gasteiger charge is -2.33. The Morgan fingerprint density at radius 1 is 1.04 bits per heavy atom. The first-order valence-corrected chi connectivity index (χ1v) is 16.1. The van der Waals surface area contributed by atoms with Gasteiger partial charge < -0.3 is 23.8 Å². The number of hydrogen-bond donors (Lipinski definition) is 1. The Bertz CT molecular complexity index is 2090. The molecule has 5 heterocycles. The number of piperidine rings is 1. The largest absolute Gasteiger partial charge is 0.451 e. The zero-order valence-electron chi connectivity index (χ0n) is 26.4. The zero-order chi connectivity index (χ0) is 33.9. The molecule has 0 saturated carbocycles. The Balaban J connectivity index is 0.996. The van der Waals surface area contributed by atoms with Crippen molar-refractivity contribution in [2.45, 2.75) is 63.3 Å². The molecule has 14 heteroatoms. The van der Waals surface area contributed by atoms with Crippen LogP contribution in [0.2, 0.25) is 0 Å². The summed E-state index contributed by atoms with van der Waals surface area (Å²) < 4.78 is 74.8. The number of hydrogen-bond acceptors (Lipinski definition) is 8. The predicted octanol–water partition coefficient (Wildman–Crippen LogP) is 6.66. The third-order valence-electron chi connectivity index (χ3n) is 9.63. The molecule has 2 unspecified atom stereocenters. The zero-order valence-corrected chi connectivity index (χ0v) is 26.4. The third-order valence-corrected chi connectivity index (χ3v) is 9.63. The number of alkyl halides is 3. The van der Waals surface area contributed by atoms with Gasteiger partial charge >= 0.3 is 6.18 Å². The molecule has 3 aromatic carbocycles. The van der Waals surface area contributed by atoms with Gasteiger partial charge in [0.1, 0.15) is 11.6 Å². The van der Waals surface area contributed by atoms with Crippen LogP contribution in [-0.2, 0) is 29.8 Å². The maximum Gasteiger partial charge on any atom is 0.451 e. The Hall–Kier alpha value is -5.00. The number of likely N-dealkylation sites (tertiary alicyclic amines) is 1. The maximum absolute atomic E-state index is 15.0. The summed E-state index contributed by atoms with van der Waals surface area (Å²) in [4.78, 5) is 9.56. The monoisotopic (exact) mass is 673 g/mol. The molecular weight excluding hydrogens is 642 g/mol. The number of imidazole rings is 1. The number of nitrogens with zero attached hydrogens (tertiary/aromatic N) is 6. The first kappa shape index (κ1) is 31.3. The number of para-hydroxylation sites is 1. The summed E-state index contributed by atoms with van der Waals surface area (Å²) in [6, 6.07) is 17.3. The molecule has 1 N–H and O–H groups in total. The SMILES string of the molecule is CC1(c2ccc(C#N)cc2F)Oc2cccc(C3CCN(Cc4nc5cc(-c6nnc(C(F)(F)F)[nH]6)ccc5n4CC4CCO4)CC3)c2O1. The van der Waals surface area contributed by atoms with E-state index in [1.54, 1.807) is 25.1 Å². The van der Waals surface area contributed by atoms with E-state index in [4.69, 9.17) is 24.5 Å². The van der Waals surface area contributed by atoms with Crippen molar-refractivity contribution >= 4 is 11.0 Å². The van der Waals surface area contributed by atoms with Gasteiger partial charge in [0.15, 0.2) is 17.3 Å². The Morgan fingerprint density at radius 3 is 2.55 bits per heavy atom. The number of nitrogens with one attached hydrogen (secondary N) is 1. The number of ether oxygens (including phenoxy) is 3. The van der Waals surface area contributed by atoms with Crippen molar-refractivity contribution in [1.29, 1.82) is 5.26 Å². The van der Waals surface area contributed by atoms with Crippen molar-refractivity contribution < 1.29 is 31.8 Å². The highest BCUT2D eigenvalue weighted by Gasteiger charge is 2.43. The van der Waals surface area contributed by atoms with Crippen LogP contribution in [-0.4, -0.2) is 55.4 Å². The van der Waals surface area contributed by atoms with Gasteiger partial charge in [0.2, 0.25) is 5.82 Å². The minimum atomic E-state index is -4.62. The highest BCUT2D eigenvalue weighted by Crippen LogP contribution is 2.50. The van der Waals surface area contributed by atoms with Gasteiger partial charge in [-0.3, -0.25) is 4.90 Å². The second-order valence-corrected chi connectivity index (χ2v) is 12.8. The molecule has 2 atom stereocenters. The number of aromatic amines is 1. The Labute approximate surface area is 278 Å². The second kappa shape index (κ2) is 11.9. The summed E-state index contributed by atoms with van der Waals surface area (Å²) in [5.41, 5.74) is 3.45. The summed E-state index contributed by atoms with van der Waals surface area (Å²) >= 11 is 0. The predicted molar refractivity (Wildman–Crippen MR) is 168 cm³/mol. The van der Waals surface area contributed by atoms with Gasteiger partial charge in [-0.25, -0.2) is 9.37 Å². The number of halogens is 4. The molecule has 2 aromatic heterocycles. The summed E-state index contributed by atoms with van der Waals surface area (Å²) in [5, 5.41) is 16.1. The maximum atomic E-state index is 15.0. The summed E-state index contributed by atoms with van der Waals surface area (Å²) in [7, 11) is 0. The molecule has 0 amide bonds. The third kappa shape index (κ3) is 5.76. The van der Waals surface area contributed by atoms with E-state index < -0.39 is 23.6 Å². The van der Waals surface area contributed by atoms with Crippen molar-refractivity contribution in [3.05, 3.63) is 88.8 Å². The van der Waals surface area contributed by atoms with Crippen molar-refractivity contribution in [3.63, 3.8) is 0 Å². The molecule has 252 valence electrons. The number of fused-ring (bicyclic) bond motifs is 2. The first-order valence-electron chi connectivity index (χ1n) is 16.1. The number of benzene rings is 3. The van der Waals surface area contributed by atoms with Crippen molar-refractivity contribution in [2.24, 2.45) is 0 Å². The highest BCUT2D eigenvalue weighted by atomic mass is 19.4. The molecule has 3 aliphatic heterocycles. The smallest absolute Gasteiger partial charge is 0.444 e. The average Bonchev–Trinajstić information content (AvgIpc) is 3.78. The summed E-state index contributed by atoms with van der Waals surface area (Å²) in [5.74, 6) is -0.842. The molecule has 3 aliphatic rings. The second-order valence-electron chi connectivity index (χ2n) is 12.8. The molecule has 0 bridgehead atoms. The highest BCUT2D eigenvalue weighted by molar-refractivity contribution is 5.81. The molecule has 49 heavy (non-hydrogen) atoms. The van der Waals surface area contributed by atoms with Crippen LogP contribution >= 0.6 is 0 Å². The van der Waals surface area contributed by atoms with Crippen LogP contribution < -0.4 is 9.47 Å². The van der Waals surface area contributed by atoms with E-state index in [0.717, 1.165) is 55.9 Å². The fourth-order valence-electron chi connectivity index (χ4n) is 6.94. The molecule has 8 rings (SSSR count). The molecular formula is C35H31F4N7O3. The molecule has 10 nitrogen and oxygen atoms in total. The van der Waals surface area contributed by atoms with E-state index >= 15 is 0 Å². The van der Waals surface area contributed by atoms with Gasteiger partial charge in [-0.15, -0.1) is 10.2 Å². The van der Waals surface area contributed by atoms with Gasteiger partial charge in [-0.05, 0) is 80.7 Å². The van der Waals surface area contributed by atoms with Gasteiger partial charge in [-0.2, -0.15) is 18.4 Å². The Morgan fingerprint density at radius 2 is 1.86 bits per heavy atom. The fraction of sp³-hybridized carbons (Fsp3) is 0.371. The average molecular weight is 674 g/mol. The molecule has 2 saturated heterocycles. The lowest BCUT2D eigenvalue weighted by Crippen LogP contribution is -2.35. The van der Waals surface area contributed by atoms with Crippen molar-refractivity contribution in [1.82, 2.24) is 29.6 Å². The van der Waals surface area contributed by atoms with Crippen LogP contribution in [0.25, 0.3) is 22.4 Å². The van der Waals surface area contributed by atoms with Gasteiger partial charge in [-0.1, -0.05) is 12.1 Å².